The van der Waals surface area contributed by atoms with Gasteiger partial charge in [-0.2, -0.15) is 0 Å². The molecular weight excluding hydrogens is 296 g/mol. The highest BCUT2D eigenvalue weighted by Crippen LogP contribution is 2.34. The molecule has 1 aromatic rings. The number of hydrogen-bond donors (Lipinski definition) is 1. The van der Waals surface area contributed by atoms with Gasteiger partial charge in [0.15, 0.2) is 6.61 Å². The molecule has 1 aromatic carbocycles. The van der Waals surface area contributed by atoms with Crippen LogP contribution in [0.25, 0.3) is 0 Å². The Morgan fingerprint density at radius 2 is 2.39 bits per heavy atom. The molecule has 0 aromatic heterocycles. The molecule has 0 bridgehead atoms. The van der Waals surface area contributed by atoms with Gasteiger partial charge in [0.05, 0.1) is 5.69 Å². The normalized spacial score (nSPS) is 22.8. The van der Waals surface area contributed by atoms with Crippen molar-refractivity contribution in [3.63, 3.8) is 0 Å². The molecule has 2 aliphatic rings. The lowest BCUT2D eigenvalue weighted by Gasteiger charge is -2.31. The van der Waals surface area contributed by atoms with Crippen molar-refractivity contribution in [2.75, 3.05) is 24.6 Å². The summed E-state index contributed by atoms with van der Waals surface area (Å²) in [4.78, 5) is 13.9. The van der Waals surface area contributed by atoms with Gasteiger partial charge < -0.3 is 15.0 Å². The van der Waals surface area contributed by atoms with Crippen LogP contribution in [0.5, 0.6) is 5.75 Å². The van der Waals surface area contributed by atoms with Crippen LogP contribution >= 0.6 is 15.9 Å². The van der Waals surface area contributed by atoms with Gasteiger partial charge in [-0.15, -0.1) is 0 Å². The summed E-state index contributed by atoms with van der Waals surface area (Å²) in [6, 6.07) is 6.18. The maximum atomic E-state index is 12.0. The summed E-state index contributed by atoms with van der Waals surface area (Å²) in [5.41, 5.74) is 0.870. The number of fused-ring (bicyclic) bond motifs is 1. The molecule has 1 amide bonds. The van der Waals surface area contributed by atoms with E-state index < -0.39 is 0 Å². The van der Waals surface area contributed by atoms with Crippen LogP contribution in [0.15, 0.2) is 22.7 Å². The summed E-state index contributed by atoms with van der Waals surface area (Å²) >= 11 is 3.44. The van der Waals surface area contributed by atoms with Gasteiger partial charge in [0.1, 0.15) is 5.75 Å². The highest BCUT2D eigenvalue weighted by Gasteiger charge is 2.28. The fraction of sp³-hybridized carbons (Fsp3) is 0.462. The molecule has 0 radical (unpaired) electrons. The van der Waals surface area contributed by atoms with Crippen LogP contribution < -0.4 is 15.0 Å². The number of nitrogens with one attached hydrogen (secondary N) is 1. The molecule has 2 heterocycles. The average molecular weight is 311 g/mol. The Kier molecular flexibility index (Phi) is 3.26. The van der Waals surface area contributed by atoms with Gasteiger partial charge in [-0.3, -0.25) is 4.79 Å². The molecule has 96 valence electrons. The quantitative estimate of drug-likeness (QED) is 0.907. The van der Waals surface area contributed by atoms with Crippen LogP contribution in [0.1, 0.15) is 12.8 Å². The van der Waals surface area contributed by atoms with Crippen LogP contribution in [0.4, 0.5) is 5.69 Å². The molecule has 0 saturated carbocycles. The van der Waals surface area contributed by atoms with Gasteiger partial charge in [0, 0.05) is 17.1 Å². The highest BCUT2D eigenvalue weighted by molar-refractivity contribution is 9.10. The second-order valence-electron chi connectivity index (χ2n) is 4.70. The zero-order valence-corrected chi connectivity index (χ0v) is 11.6. The van der Waals surface area contributed by atoms with Gasteiger partial charge in [-0.05, 0) is 37.6 Å². The minimum Gasteiger partial charge on any atom is -0.482 e. The Morgan fingerprint density at radius 3 is 3.17 bits per heavy atom. The number of rotatable bonds is 2. The van der Waals surface area contributed by atoms with Crippen LogP contribution in [0.3, 0.4) is 0 Å². The molecule has 4 nitrogen and oxygen atoms in total. The van der Waals surface area contributed by atoms with Gasteiger partial charge in [0.25, 0.3) is 5.91 Å². The number of carbonyl (C=O) groups excluding carboxylic acids is 1. The second-order valence-corrected chi connectivity index (χ2v) is 5.61. The van der Waals surface area contributed by atoms with E-state index in [1.165, 1.54) is 6.42 Å². The number of nitrogens with zero attached hydrogens (tertiary/aromatic N) is 1. The van der Waals surface area contributed by atoms with E-state index in [0.717, 1.165) is 35.4 Å². The molecule has 5 heteroatoms. The summed E-state index contributed by atoms with van der Waals surface area (Å²) in [5.74, 6) is 0.824. The zero-order chi connectivity index (χ0) is 12.5. The van der Waals surface area contributed by atoms with Crippen molar-refractivity contribution < 1.29 is 9.53 Å². The lowest BCUT2D eigenvalue weighted by Crippen LogP contribution is -2.45. The average Bonchev–Trinajstić information content (AvgIpc) is 2.86. The fourth-order valence-corrected chi connectivity index (χ4v) is 2.86. The van der Waals surface area contributed by atoms with E-state index in [0.29, 0.717) is 6.04 Å². The van der Waals surface area contributed by atoms with Crippen LogP contribution in [0, 0.1) is 0 Å². The van der Waals surface area contributed by atoms with Gasteiger partial charge in [-0.25, -0.2) is 0 Å². The number of halogens is 1. The molecule has 1 fully saturated rings. The van der Waals surface area contributed by atoms with E-state index in [-0.39, 0.29) is 12.5 Å². The standard InChI is InChI=1S/C13H15BrN2O2/c14-9-3-4-12-11(6-9)16(13(17)8-18-12)7-10-2-1-5-15-10/h3-4,6,10,15H,1-2,5,7-8H2/t10-/m0/s1. The lowest BCUT2D eigenvalue weighted by molar-refractivity contribution is -0.121. The van der Waals surface area contributed by atoms with Crippen molar-refractivity contribution >= 4 is 27.5 Å². The summed E-state index contributed by atoms with van der Waals surface area (Å²) in [5, 5.41) is 3.42. The van der Waals surface area contributed by atoms with Crippen molar-refractivity contribution in [3.8, 4) is 5.75 Å². The molecule has 18 heavy (non-hydrogen) atoms. The third-order valence-electron chi connectivity index (χ3n) is 3.43. The minimum atomic E-state index is 0.0364. The van der Waals surface area contributed by atoms with Gasteiger partial charge in [-0.1, -0.05) is 15.9 Å². The molecule has 1 N–H and O–H groups in total. The van der Waals surface area contributed by atoms with E-state index in [9.17, 15) is 4.79 Å². The van der Waals surface area contributed by atoms with Gasteiger partial charge >= 0.3 is 0 Å². The predicted molar refractivity (Wildman–Crippen MR) is 73.0 cm³/mol. The summed E-state index contributed by atoms with van der Waals surface area (Å²) in [7, 11) is 0. The van der Waals surface area contributed by atoms with E-state index in [1.54, 1.807) is 0 Å². The van der Waals surface area contributed by atoms with Crippen molar-refractivity contribution in [2.45, 2.75) is 18.9 Å². The van der Waals surface area contributed by atoms with E-state index in [4.69, 9.17) is 4.74 Å². The molecule has 0 unspecified atom stereocenters. The van der Waals surface area contributed by atoms with Crippen molar-refractivity contribution in [1.82, 2.24) is 5.32 Å². The van der Waals surface area contributed by atoms with E-state index >= 15 is 0 Å². The number of amides is 1. The number of hydrogen-bond acceptors (Lipinski definition) is 3. The Bertz CT molecular complexity index is 472. The number of anilines is 1. The largest absolute Gasteiger partial charge is 0.482 e. The Labute approximate surface area is 114 Å². The highest BCUT2D eigenvalue weighted by atomic mass is 79.9. The summed E-state index contributed by atoms with van der Waals surface area (Å²) in [6.07, 6.45) is 2.32. The fourth-order valence-electron chi connectivity index (χ4n) is 2.51. The molecule has 1 atom stereocenters. The Morgan fingerprint density at radius 1 is 1.50 bits per heavy atom. The molecule has 0 spiro atoms. The first-order chi connectivity index (χ1) is 8.74. The molecular formula is C13H15BrN2O2. The van der Waals surface area contributed by atoms with Crippen LogP contribution in [-0.4, -0.2) is 31.6 Å². The zero-order valence-electron chi connectivity index (χ0n) is 9.99. The molecule has 0 aliphatic carbocycles. The topological polar surface area (TPSA) is 41.6 Å². The monoisotopic (exact) mass is 310 g/mol. The number of ether oxygens (including phenoxy) is 1. The minimum absolute atomic E-state index is 0.0364. The Hall–Kier alpha value is -1.07. The first kappa shape index (κ1) is 12.0. The first-order valence-electron chi connectivity index (χ1n) is 6.20. The lowest BCUT2D eigenvalue weighted by atomic mass is 10.1. The van der Waals surface area contributed by atoms with Crippen LogP contribution in [0.2, 0.25) is 0 Å². The Balaban J connectivity index is 1.88. The van der Waals surface area contributed by atoms with Crippen molar-refractivity contribution in [2.24, 2.45) is 0 Å². The molecule has 3 rings (SSSR count). The smallest absolute Gasteiger partial charge is 0.265 e. The number of benzene rings is 1. The summed E-state index contributed by atoms with van der Waals surface area (Å²) in [6.45, 7) is 1.92. The SMILES string of the molecule is O=C1COc2ccc(Br)cc2N1C[C@@H]1CCCN1. The summed E-state index contributed by atoms with van der Waals surface area (Å²) < 4.78 is 6.41. The third kappa shape index (κ3) is 2.24. The first-order valence-corrected chi connectivity index (χ1v) is 6.99. The second kappa shape index (κ2) is 4.90. The maximum Gasteiger partial charge on any atom is 0.265 e. The molecule has 1 saturated heterocycles. The van der Waals surface area contributed by atoms with Crippen LogP contribution in [-0.2, 0) is 4.79 Å². The van der Waals surface area contributed by atoms with E-state index in [2.05, 4.69) is 21.2 Å². The van der Waals surface area contributed by atoms with Crippen molar-refractivity contribution in [3.05, 3.63) is 22.7 Å². The van der Waals surface area contributed by atoms with E-state index in [1.807, 2.05) is 23.1 Å². The van der Waals surface area contributed by atoms with Crippen molar-refractivity contribution in [1.29, 1.82) is 0 Å². The van der Waals surface area contributed by atoms with Gasteiger partial charge in [0.2, 0.25) is 0 Å². The maximum absolute atomic E-state index is 12.0. The third-order valence-corrected chi connectivity index (χ3v) is 3.92. The number of carbonyl (C=O) groups is 1. The predicted octanol–water partition coefficient (Wildman–Crippen LogP) is 1.93. The molecule has 2 aliphatic heterocycles.